The Morgan fingerprint density at radius 1 is 0.317 bits per heavy atom. The molecule has 0 radical (unpaired) electrons. The van der Waals surface area contributed by atoms with E-state index in [1.165, 1.54) is 199 Å². The average molecular weight is 887 g/mol. The van der Waals surface area contributed by atoms with Gasteiger partial charge in [-0.1, -0.05) is 257 Å². The monoisotopic (exact) mass is 887 g/mol. The van der Waals surface area contributed by atoms with Crippen LogP contribution in [0.1, 0.15) is 303 Å². The first-order valence-electron chi connectivity index (χ1n) is 27.8. The summed E-state index contributed by atoms with van der Waals surface area (Å²) in [4.78, 5) is 38.0. The topological polar surface area (TPSA) is 78.9 Å². The van der Waals surface area contributed by atoms with Crippen LogP contribution in [-0.2, 0) is 28.6 Å². The number of carbonyl (C=O) groups excluding carboxylic acids is 3. The minimum atomic E-state index is -0.766. The standard InChI is InChI=1S/C57H106O6/c1-4-7-10-13-16-19-22-24-26-27-28-29-31-32-35-38-41-44-47-50-56(59)62-53-54(52-61-55(58)49-46-43-40-37-34-21-18-15-12-9-6-3)63-57(60)51-48-45-42-39-36-33-30-25-23-20-17-14-11-8-5-2/h16,19,24,26,54H,4-15,17-18,20-23,25,27-53H2,1-3H3/b19-16-,26-24-/t54-/m1/s1. The van der Waals surface area contributed by atoms with Gasteiger partial charge < -0.3 is 14.2 Å². The van der Waals surface area contributed by atoms with Crippen molar-refractivity contribution in [3.05, 3.63) is 24.3 Å². The van der Waals surface area contributed by atoms with E-state index < -0.39 is 6.10 Å². The Kier molecular flexibility index (Phi) is 50.8. The van der Waals surface area contributed by atoms with Crippen LogP contribution >= 0.6 is 0 Å². The van der Waals surface area contributed by atoms with Crippen LogP contribution in [0.25, 0.3) is 0 Å². The van der Waals surface area contributed by atoms with E-state index in [1.807, 2.05) is 0 Å². The van der Waals surface area contributed by atoms with Crippen molar-refractivity contribution in [2.75, 3.05) is 13.2 Å². The van der Waals surface area contributed by atoms with E-state index in [9.17, 15) is 14.4 Å². The fourth-order valence-corrected chi connectivity index (χ4v) is 8.24. The average Bonchev–Trinajstić information content (AvgIpc) is 3.28. The third kappa shape index (κ3) is 50.7. The van der Waals surface area contributed by atoms with Crippen molar-refractivity contribution < 1.29 is 28.6 Å². The van der Waals surface area contributed by atoms with Crippen molar-refractivity contribution in [1.29, 1.82) is 0 Å². The Morgan fingerprint density at radius 3 is 0.905 bits per heavy atom. The van der Waals surface area contributed by atoms with E-state index in [4.69, 9.17) is 14.2 Å². The fourth-order valence-electron chi connectivity index (χ4n) is 8.24. The molecule has 0 aliphatic rings. The Labute approximate surface area is 392 Å². The van der Waals surface area contributed by atoms with Crippen LogP contribution < -0.4 is 0 Å². The molecule has 0 unspecified atom stereocenters. The van der Waals surface area contributed by atoms with Crippen LogP contribution in [0.3, 0.4) is 0 Å². The van der Waals surface area contributed by atoms with Crippen molar-refractivity contribution in [3.8, 4) is 0 Å². The molecular weight excluding hydrogens is 781 g/mol. The molecular formula is C57H106O6. The lowest BCUT2D eigenvalue weighted by molar-refractivity contribution is -0.167. The minimum absolute atomic E-state index is 0.0672. The molecule has 0 aromatic carbocycles. The second-order valence-electron chi connectivity index (χ2n) is 18.9. The van der Waals surface area contributed by atoms with Crippen LogP contribution in [0.5, 0.6) is 0 Å². The van der Waals surface area contributed by atoms with Crippen LogP contribution in [0.4, 0.5) is 0 Å². The molecule has 1 atom stereocenters. The van der Waals surface area contributed by atoms with Gasteiger partial charge in [-0.05, 0) is 51.4 Å². The summed E-state index contributed by atoms with van der Waals surface area (Å²) in [6.07, 6.45) is 60.2. The Balaban J connectivity index is 4.29. The lowest BCUT2D eigenvalue weighted by atomic mass is 10.0. The van der Waals surface area contributed by atoms with Crippen LogP contribution in [-0.4, -0.2) is 37.2 Å². The largest absolute Gasteiger partial charge is 0.462 e. The van der Waals surface area contributed by atoms with E-state index in [1.54, 1.807) is 0 Å². The zero-order chi connectivity index (χ0) is 45.8. The van der Waals surface area contributed by atoms with E-state index in [2.05, 4.69) is 45.1 Å². The molecule has 0 aliphatic heterocycles. The van der Waals surface area contributed by atoms with Gasteiger partial charge in [0.2, 0.25) is 0 Å². The summed E-state index contributed by atoms with van der Waals surface area (Å²) in [5.41, 5.74) is 0. The summed E-state index contributed by atoms with van der Waals surface area (Å²) in [5, 5.41) is 0. The molecule has 0 aromatic rings. The fraction of sp³-hybridized carbons (Fsp3) is 0.877. The van der Waals surface area contributed by atoms with Crippen molar-refractivity contribution in [2.45, 2.75) is 309 Å². The minimum Gasteiger partial charge on any atom is -0.462 e. The van der Waals surface area contributed by atoms with Gasteiger partial charge in [0.1, 0.15) is 13.2 Å². The van der Waals surface area contributed by atoms with Gasteiger partial charge in [0.15, 0.2) is 6.10 Å². The first-order valence-corrected chi connectivity index (χ1v) is 27.8. The molecule has 0 saturated carbocycles. The van der Waals surface area contributed by atoms with Crippen LogP contribution in [0, 0.1) is 0 Å². The maximum absolute atomic E-state index is 12.8. The van der Waals surface area contributed by atoms with Crippen molar-refractivity contribution in [2.24, 2.45) is 0 Å². The number of hydrogen-bond donors (Lipinski definition) is 0. The smallest absolute Gasteiger partial charge is 0.306 e. The number of rotatable bonds is 51. The van der Waals surface area contributed by atoms with Gasteiger partial charge in [-0.25, -0.2) is 0 Å². The molecule has 0 heterocycles. The predicted octanol–water partition coefficient (Wildman–Crippen LogP) is 18.3. The van der Waals surface area contributed by atoms with Crippen LogP contribution in [0.2, 0.25) is 0 Å². The molecule has 370 valence electrons. The number of ether oxygens (including phenoxy) is 3. The number of unbranched alkanes of at least 4 members (excludes halogenated alkanes) is 36. The van der Waals surface area contributed by atoms with Crippen LogP contribution in [0.15, 0.2) is 24.3 Å². The maximum Gasteiger partial charge on any atom is 0.306 e. The molecule has 63 heavy (non-hydrogen) atoms. The highest BCUT2D eigenvalue weighted by Crippen LogP contribution is 2.16. The highest BCUT2D eigenvalue weighted by Gasteiger charge is 2.19. The molecule has 0 saturated heterocycles. The third-order valence-corrected chi connectivity index (χ3v) is 12.5. The summed E-state index contributed by atoms with van der Waals surface area (Å²) in [5.74, 6) is -0.854. The maximum atomic E-state index is 12.8. The molecule has 0 aliphatic carbocycles. The quantitative estimate of drug-likeness (QED) is 0.0262. The number of allylic oxidation sites excluding steroid dienone is 4. The number of carbonyl (C=O) groups is 3. The van der Waals surface area contributed by atoms with Gasteiger partial charge in [-0.2, -0.15) is 0 Å². The Morgan fingerprint density at radius 2 is 0.571 bits per heavy atom. The molecule has 0 fully saturated rings. The third-order valence-electron chi connectivity index (χ3n) is 12.5. The molecule has 0 bridgehead atoms. The van der Waals surface area contributed by atoms with Gasteiger partial charge in [0.05, 0.1) is 0 Å². The SMILES string of the molecule is CCCCC/C=C\C/C=C\CCCCCCCCCCCC(=O)OC[C@@H](COC(=O)CCCCCCCCCCCCC)OC(=O)CCCCCCCCCCCCCCCCC. The predicted molar refractivity (Wildman–Crippen MR) is 270 cm³/mol. The summed E-state index contributed by atoms with van der Waals surface area (Å²) in [6, 6.07) is 0. The molecule has 0 rings (SSSR count). The zero-order valence-electron chi connectivity index (χ0n) is 42.4. The van der Waals surface area contributed by atoms with Crippen molar-refractivity contribution >= 4 is 17.9 Å². The molecule has 0 spiro atoms. The second kappa shape index (κ2) is 52.5. The number of hydrogen-bond acceptors (Lipinski definition) is 6. The summed E-state index contributed by atoms with van der Waals surface area (Å²) in [6.45, 7) is 6.64. The van der Waals surface area contributed by atoms with E-state index >= 15 is 0 Å². The first-order chi connectivity index (χ1) is 31.0. The number of esters is 3. The summed E-state index contributed by atoms with van der Waals surface area (Å²) in [7, 11) is 0. The highest BCUT2D eigenvalue weighted by atomic mass is 16.6. The lowest BCUT2D eigenvalue weighted by Gasteiger charge is -2.18. The lowest BCUT2D eigenvalue weighted by Crippen LogP contribution is -2.30. The van der Waals surface area contributed by atoms with E-state index in [0.717, 1.165) is 64.2 Å². The van der Waals surface area contributed by atoms with Crippen molar-refractivity contribution in [1.82, 2.24) is 0 Å². The van der Waals surface area contributed by atoms with Gasteiger partial charge >= 0.3 is 17.9 Å². The molecule has 0 N–H and O–H groups in total. The summed E-state index contributed by atoms with van der Waals surface area (Å²) < 4.78 is 16.8. The Bertz CT molecular complexity index is 1020. The Hall–Kier alpha value is -2.11. The normalized spacial score (nSPS) is 12.1. The van der Waals surface area contributed by atoms with Gasteiger partial charge in [0, 0.05) is 19.3 Å². The molecule has 6 heteroatoms. The molecule has 6 nitrogen and oxygen atoms in total. The first kappa shape index (κ1) is 60.9. The molecule has 0 aromatic heterocycles. The molecule has 0 amide bonds. The van der Waals surface area contributed by atoms with Gasteiger partial charge in [0.25, 0.3) is 0 Å². The van der Waals surface area contributed by atoms with Gasteiger partial charge in [-0.3, -0.25) is 14.4 Å². The highest BCUT2D eigenvalue weighted by molar-refractivity contribution is 5.71. The van der Waals surface area contributed by atoms with E-state index in [-0.39, 0.29) is 31.1 Å². The zero-order valence-corrected chi connectivity index (χ0v) is 42.4. The summed E-state index contributed by atoms with van der Waals surface area (Å²) >= 11 is 0. The second-order valence-corrected chi connectivity index (χ2v) is 18.9. The van der Waals surface area contributed by atoms with Crippen molar-refractivity contribution in [3.63, 3.8) is 0 Å². The van der Waals surface area contributed by atoms with E-state index in [0.29, 0.717) is 19.3 Å². The van der Waals surface area contributed by atoms with Gasteiger partial charge in [-0.15, -0.1) is 0 Å².